The number of β-lactam (4-membered cyclic amide) rings is 1. The van der Waals surface area contributed by atoms with E-state index in [1.807, 2.05) is 6.92 Å². The standard InChI is InChI=1S/C22H43NO5Si2/c1-15(27-29(8,9)21(2,3)4)23-16(14-18(23)24)20-19(25)17(12-13-26-20)28-30(10,11)22(5,6)7/h15-17,20H,12-14H2,1-11H3/t15-,16?,17-,20-/m1/s1. The molecule has 8 heteroatoms. The number of carbonyl (C=O) groups is 2. The Labute approximate surface area is 185 Å². The smallest absolute Gasteiger partial charge is 0.227 e. The largest absolute Gasteiger partial charge is 0.407 e. The number of likely N-dealkylation sites (tertiary alicyclic amines) is 1. The van der Waals surface area contributed by atoms with Gasteiger partial charge in [-0.2, -0.15) is 0 Å². The number of hydrogen-bond donors (Lipinski definition) is 0. The lowest BCUT2D eigenvalue weighted by atomic mass is 9.89. The van der Waals surface area contributed by atoms with E-state index in [-0.39, 0.29) is 34.0 Å². The van der Waals surface area contributed by atoms with Gasteiger partial charge in [-0.05, 0) is 43.2 Å². The van der Waals surface area contributed by atoms with Crippen LogP contribution in [0.4, 0.5) is 0 Å². The molecule has 0 aromatic carbocycles. The van der Waals surface area contributed by atoms with Gasteiger partial charge < -0.3 is 18.5 Å². The first-order chi connectivity index (χ1) is 13.4. The first kappa shape index (κ1) is 25.7. The first-order valence-corrected chi connectivity index (χ1v) is 17.0. The average Bonchev–Trinajstić information content (AvgIpc) is 2.51. The predicted octanol–water partition coefficient (Wildman–Crippen LogP) is 4.70. The monoisotopic (exact) mass is 457 g/mol. The SMILES string of the molecule is C[C@@H](O[Si](C)(C)C(C)(C)C)N1C(=O)CC1[C@H]1OCC[C@@H](O[Si](C)(C)C(C)(C)C)C1=O. The second kappa shape index (κ2) is 8.42. The van der Waals surface area contributed by atoms with E-state index in [1.54, 1.807) is 4.90 Å². The minimum Gasteiger partial charge on any atom is -0.407 e. The Morgan fingerprint density at radius 1 is 1.00 bits per heavy atom. The van der Waals surface area contributed by atoms with Crippen molar-refractivity contribution in [1.82, 2.24) is 4.90 Å². The zero-order valence-electron chi connectivity index (χ0n) is 20.9. The maximum absolute atomic E-state index is 13.3. The molecule has 1 unspecified atom stereocenters. The van der Waals surface area contributed by atoms with Gasteiger partial charge in [0.15, 0.2) is 22.4 Å². The van der Waals surface area contributed by atoms with Gasteiger partial charge in [0, 0.05) is 6.42 Å². The number of ketones is 1. The fourth-order valence-electron chi connectivity index (χ4n) is 3.50. The second-order valence-corrected chi connectivity index (χ2v) is 21.4. The molecule has 4 atom stereocenters. The molecule has 2 fully saturated rings. The van der Waals surface area contributed by atoms with E-state index in [9.17, 15) is 9.59 Å². The number of rotatable bonds is 6. The van der Waals surface area contributed by atoms with Crippen molar-refractivity contribution in [3.63, 3.8) is 0 Å². The number of hydrogen-bond acceptors (Lipinski definition) is 5. The van der Waals surface area contributed by atoms with Crippen molar-refractivity contribution in [3.05, 3.63) is 0 Å². The van der Waals surface area contributed by atoms with E-state index in [4.69, 9.17) is 13.6 Å². The topological polar surface area (TPSA) is 65.1 Å². The second-order valence-electron chi connectivity index (χ2n) is 11.9. The van der Waals surface area contributed by atoms with Crippen molar-refractivity contribution >= 4 is 28.3 Å². The lowest BCUT2D eigenvalue weighted by Gasteiger charge is -2.51. The van der Waals surface area contributed by atoms with Crippen LogP contribution in [-0.4, -0.2) is 64.3 Å². The molecule has 0 aliphatic carbocycles. The number of Topliss-reactive ketones (excluding diaryl/α,β-unsaturated/α-hetero) is 1. The Morgan fingerprint density at radius 3 is 2.00 bits per heavy atom. The number of amides is 1. The van der Waals surface area contributed by atoms with Gasteiger partial charge in [0.2, 0.25) is 5.91 Å². The molecule has 2 rings (SSSR count). The fourth-order valence-corrected chi connectivity index (χ4v) is 6.12. The van der Waals surface area contributed by atoms with Crippen LogP contribution in [0.2, 0.25) is 36.3 Å². The number of nitrogens with zero attached hydrogens (tertiary/aromatic N) is 1. The molecule has 2 aliphatic heterocycles. The van der Waals surface area contributed by atoms with Crippen molar-refractivity contribution in [2.24, 2.45) is 0 Å². The summed E-state index contributed by atoms with van der Waals surface area (Å²) in [7, 11) is -4.12. The normalized spacial score (nSPS) is 27.8. The Hall–Kier alpha value is -0.546. The van der Waals surface area contributed by atoms with E-state index in [2.05, 4.69) is 67.7 Å². The Morgan fingerprint density at radius 2 is 1.53 bits per heavy atom. The van der Waals surface area contributed by atoms with Crippen LogP contribution in [-0.2, 0) is 23.2 Å². The van der Waals surface area contributed by atoms with E-state index in [1.165, 1.54) is 0 Å². The van der Waals surface area contributed by atoms with E-state index >= 15 is 0 Å². The van der Waals surface area contributed by atoms with Crippen LogP contribution in [0.5, 0.6) is 0 Å². The fraction of sp³-hybridized carbons (Fsp3) is 0.909. The van der Waals surface area contributed by atoms with Crippen molar-refractivity contribution in [2.75, 3.05) is 6.61 Å². The summed E-state index contributed by atoms with van der Waals surface area (Å²) in [5, 5.41) is 0.0784. The minimum absolute atomic E-state index is 0.0203. The maximum Gasteiger partial charge on any atom is 0.227 e. The summed E-state index contributed by atoms with van der Waals surface area (Å²) in [6, 6.07) is -0.268. The van der Waals surface area contributed by atoms with Crippen molar-refractivity contribution in [2.45, 2.75) is 122 Å². The van der Waals surface area contributed by atoms with Crippen molar-refractivity contribution in [3.8, 4) is 0 Å². The molecular formula is C22H43NO5Si2. The molecule has 0 N–H and O–H groups in total. The molecule has 30 heavy (non-hydrogen) atoms. The molecule has 2 heterocycles. The molecule has 6 nitrogen and oxygen atoms in total. The minimum atomic E-state index is -2.07. The number of ether oxygens (including phenoxy) is 1. The number of carbonyl (C=O) groups excluding carboxylic acids is 2. The van der Waals surface area contributed by atoms with E-state index < -0.39 is 28.8 Å². The highest BCUT2D eigenvalue weighted by atomic mass is 28.4. The molecule has 0 spiro atoms. The average molecular weight is 458 g/mol. The third-order valence-corrected chi connectivity index (χ3v) is 16.6. The molecule has 0 bridgehead atoms. The zero-order chi connectivity index (χ0) is 23.3. The van der Waals surface area contributed by atoms with E-state index in [0.29, 0.717) is 19.4 Å². The zero-order valence-corrected chi connectivity index (χ0v) is 22.9. The maximum atomic E-state index is 13.3. The van der Waals surface area contributed by atoms with Gasteiger partial charge in [-0.3, -0.25) is 9.59 Å². The van der Waals surface area contributed by atoms with Crippen LogP contribution in [0.15, 0.2) is 0 Å². The molecule has 1 amide bonds. The molecule has 0 saturated carbocycles. The first-order valence-electron chi connectivity index (χ1n) is 11.2. The van der Waals surface area contributed by atoms with Gasteiger partial charge in [0.05, 0.1) is 19.1 Å². The van der Waals surface area contributed by atoms with Gasteiger partial charge in [0.25, 0.3) is 0 Å². The Bertz CT molecular complexity index is 665. The molecule has 174 valence electrons. The summed E-state index contributed by atoms with van der Waals surface area (Å²) >= 11 is 0. The lowest BCUT2D eigenvalue weighted by molar-refractivity contribution is -0.181. The Kier molecular flexibility index (Phi) is 7.22. The van der Waals surface area contributed by atoms with E-state index in [0.717, 1.165) is 0 Å². The predicted molar refractivity (Wildman–Crippen MR) is 124 cm³/mol. The summed E-state index contributed by atoms with van der Waals surface area (Å²) in [6.07, 6.45) is -0.529. The summed E-state index contributed by atoms with van der Waals surface area (Å²) in [5.74, 6) is 0.00292. The molecule has 2 aliphatic rings. The summed E-state index contributed by atoms with van der Waals surface area (Å²) in [6.45, 7) is 24.1. The summed E-state index contributed by atoms with van der Waals surface area (Å²) in [4.78, 5) is 27.5. The van der Waals surface area contributed by atoms with Crippen LogP contribution < -0.4 is 0 Å². The van der Waals surface area contributed by atoms with Crippen LogP contribution in [0.3, 0.4) is 0 Å². The molecule has 0 aromatic heterocycles. The molecule has 0 aromatic rings. The van der Waals surface area contributed by atoms with Crippen molar-refractivity contribution < 1.29 is 23.2 Å². The van der Waals surface area contributed by atoms with Gasteiger partial charge in [-0.25, -0.2) is 0 Å². The van der Waals surface area contributed by atoms with Gasteiger partial charge >= 0.3 is 0 Å². The molecular weight excluding hydrogens is 414 g/mol. The highest BCUT2D eigenvalue weighted by Gasteiger charge is 2.52. The van der Waals surface area contributed by atoms with Crippen LogP contribution >= 0.6 is 0 Å². The van der Waals surface area contributed by atoms with Crippen molar-refractivity contribution in [1.29, 1.82) is 0 Å². The van der Waals surface area contributed by atoms with Gasteiger partial charge in [0.1, 0.15) is 18.4 Å². The van der Waals surface area contributed by atoms with Crippen LogP contribution in [0.1, 0.15) is 61.3 Å². The quantitative estimate of drug-likeness (QED) is 0.427. The third kappa shape index (κ3) is 5.09. The van der Waals surface area contributed by atoms with Gasteiger partial charge in [-0.1, -0.05) is 41.5 Å². The highest BCUT2D eigenvalue weighted by molar-refractivity contribution is 6.74. The molecule has 2 saturated heterocycles. The van der Waals surface area contributed by atoms with Gasteiger partial charge in [-0.15, -0.1) is 0 Å². The Balaban J connectivity index is 2.13. The van der Waals surface area contributed by atoms with Crippen LogP contribution in [0, 0.1) is 0 Å². The highest BCUT2D eigenvalue weighted by Crippen LogP contribution is 2.41. The summed E-state index contributed by atoms with van der Waals surface area (Å²) < 4.78 is 18.8. The lowest BCUT2D eigenvalue weighted by Crippen LogP contribution is -2.67. The van der Waals surface area contributed by atoms with Crippen LogP contribution in [0.25, 0.3) is 0 Å². The third-order valence-electron chi connectivity index (χ3n) is 7.56. The molecule has 0 radical (unpaired) electrons. The summed E-state index contributed by atoms with van der Waals surface area (Å²) in [5.41, 5.74) is 0.